The van der Waals surface area contributed by atoms with Crippen molar-refractivity contribution >= 4 is 22.6 Å². The second-order valence-corrected chi connectivity index (χ2v) is 9.00. The number of hydrogen-bond donors (Lipinski definition) is 2. The number of nitrogens with zero attached hydrogens (tertiary/aromatic N) is 1. The summed E-state index contributed by atoms with van der Waals surface area (Å²) in [5.74, 6) is 0.390. The Morgan fingerprint density at radius 2 is 1.85 bits per heavy atom. The SMILES string of the molecule is Cc1cc(C(C)Nc2cccnc2C(=O)NC2CC2)c2oc(-c3ccccc3)c(C)c(=O)c2c1. The third kappa shape index (κ3) is 4.19. The Kier molecular flexibility index (Phi) is 5.65. The van der Waals surface area contributed by atoms with E-state index in [1.807, 2.05) is 62.4 Å². The highest BCUT2D eigenvalue weighted by atomic mass is 16.3. The number of hydrogen-bond acceptors (Lipinski definition) is 5. The van der Waals surface area contributed by atoms with Gasteiger partial charge in [0.2, 0.25) is 0 Å². The fourth-order valence-electron chi connectivity index (χ4n) is 4.25. The van der Waals surface area contributed by atoms with Crippen LogP contribution < -0.4 is 16.1 Å². The Hall–Kier alpha value is -3.93. The summed E-state index contributed by atoms with van der Waals surface area (Å²) in [5.41, 5.74) is 4.77. The lowest BCUT2D eigenvalue weighted by atomic mass is 9.98. The number of nitrogens with one attached hydrogen (secondary N) is 2. The van der Waals surface area contributed by atoms with Crippen LogP contribution in [0.15, 0.2) is 70.0 Å². The first-order chi connectivity index (χ1) is 16.4. The van der Waals surface area contributed by atoms with E-state index in [-0.39, 0.29) is 23.4 Å². The molecule has 0 saturated heterocycles. The van der Waals surface area contributed by atoms with Crippen molar-refractivity contribution in [1.29, 1.82) is 0 Å². The summed E-state index contributed by atoms with van der Waals surface area (Å²) < 4.78 is 6.41. The fraction of sp³-hybridized carbons (Fsp3) is 0.250. The van der Waals surface area contributed by atoms with Crippen LogP contribution in [-0.4, -0.2) is 16.9 Å². The molecule has 6 heteroatoms. The molecule has 5 rings (SSSR count). The van der Waals surface area contributed by atoms with Gasteiger partial charge in [-0.1, -0.05) is 36.4 Å². The first kappa shape index (κ1) is 21.9. The normalized spacial score (nSPS) is 14.1. The lowest BCUT2D eigenvalue weighted by molar-refractivity contribution is 0.0947. The number of aromatic nitrogens is 1. The number of benzene rings is 2. The monoisotopic (exact) mass is 453 g/mol. The highest BCUT2D eigenvalue weighted by molar-refractivity contribution is 5.98. The highest BCUT2D eigenvalue weighted by Gasteiger charge is 2.26. The van der Waals surface area contributed by atoms with Gasteiger partial charge in [-0.05, 0) is 57.4 Å². The van der Waals surface area contributed by atoms with E-state index < -0.39 is 0 Å². The molecule has 6 nitrogen and oxygen atoms in total. The number of rotatable bonds is 6. The molecule has 0 aliphatic heterocycles. The number of pyridine rings is 1. The summed E-state index contributed by atoms with van der Waals surface area (Å²) in [6, 6.07) is 17.2. The quantitative estimate of drug-likeness (QED) is 0.401. The molecule has 4 aromatic rings. The molecular formula is C28H27N3O3. The van der Waals surface area contributed by atoms with Crippen LogP contribution in [0.3, 0.4) is 0 Å². The maximum atomic E-state index is 13.3. The third-order valence-corrected chi connectivity index (χ3v) is 6.20. The number of carbonyl (C=O) groups excluding carboxylic acids is 1. The van der Waals surface area contributed by atoms with E-state index in [1.54, 1.807) is 19.2 Å². The summed E-state index contributed by atoms with van der Waals surface area (Å²) in [5, 5.41) is 6.98. The van der Waals surface area contributed by atoms with Gasteiger partial charge in [-0.2, -0.15) is 0 Å². The van der Waals surface area contributed by atoms with E-state index in [0.29, 0.717) is 33.7 Å². The predicted octanol–water partition coefficient (Wildman–Crippen LogP) is 5.54. The van der Waals surface area contributed by atoms with Gasteiger partial charge >= 0.3 is 0 Å². The summed E-state index contributed by atoms with van der Waals surface area (Å²) in [7, 11) is 0. The van der Waals surface area contributed by atoms with Crippen LogP contribution in [0.5, 0.6) is 0 Å². The Balaban J connectivity index is 1.58. The van der Waals surface area contributed by atoms with Crippen LogP contribution in [0, 0.1) is 13.8 Å². The van der Waals surface area contributed by atoms with Gasteiger partial charge in [0.05, 0.1) is 17.1 Å². The van der Waals surface area contributed by atoms with Crippen molar-refractivity contribution in [2.45, 2.75) is 45.7 Å². The predicted molar refractivity (Wildman–Crippen MR) is 134 cm³/mol. The first-order valence-corrected chi connectivity index (χ1v) is 11.6. The Labute approximate surface area is 198 Å². The lowest BCUT2D eigenvalue weighted by Gasteiger charge is -2.20. The summed E-state index contributed by atoms with van der Waals surface area (Å²) >= 11 is 0. The van der Waals surface area contributed by atoms with E-state index in [4.69, 9.17) is 4.42 Å². The van der Waals surface area contributed by atoms with Crippen molar-refractivity contribution < 1.29 is 9.21 Å². The van der Waals surface area contributed by atoms with E-state index in [2.05, 4.69) is 15.6 Å². The largest absolute Gasteiger partial charge is 0.455 e. The highest BCUT2D eigenvalue weighted by Crippen LogP contribution is 2.32. The molecule has 1 unspecified atom stereocenters. The van der Waals surface area contributed by atoms with Crippen LogP contribution in [-0.2, 0) is 0 Å². The molecule has 34 heavy (non-hydrogen) atoms. The van der Waals surface area contributed by atoms with Gasteiger partial charge in [-0.25, -0.2) is 4.98 Å². The van der Waals surface area contributed by atoms with Gasteiger partial charge in [0.15, 0.2) is 11.1 Å². The molecule has 1 amide bonds. The molecule has 172 valence electrons. The van der Waals surface area contributed by atoms with Gasteiger partial charge in [0.1, 0.15) is 11.3 Å². The number of amides is 1. The molecular weight excluding hydrogens is 426 g/mol. The summed E-state index contributed by atoms with van der Waals surface area (Å²) in [4.78, 5) is 30.3. The number of anilines is 1. The first-order valence-electron chi connectivity index (χ1n) is 11.6. The average Bonchev–Trinajstić information content (AvgIpc) is 3.66. The van der Waals surface area contributed by atoms with E-state index >= 15 is 0 Å². The van der Waals surface area contributed by atoms with Crippen LogP contribution in [0.25, 0.3) is 22.3 Å². The molecule has 2 aromatic heterocycles. The second-order valence-electron chi connectivity index (χ2n) is 9.00. The molecule has 2 heterocycles. The molecule has 1 fully saturated rings. The van der Waals surface area contributed by atoms with Gasteiger partial charge in [-0.15, -0.1) is 0 Å². The van der Waals surface area contributed by atoms with Crippen molar-refractivity contribution in [2.24, 2.45) is 0 Å². The van der Waals surface area contributed by atoms with Crippen LogP contribution in [0.4, 0.5) is 5.69 Å². The molecule has 1 atom stereocenters. The Morgan fingerprint density at radius 1 is 1.09 bits per heavy atom. The minimum atomic E-state index is -0.242. The molecule has 0 radical (unpaired) electrons. The van der Waals surface area contributed by atoms with Crippen molar-refractivity contribution in [2.75, 3.05) is 5.32 Å². The van der Waals surface area contributed by atoms with E-state index in [9.17, 15) is 9.59 Å². The van der Waals surface area contributed by atoms with Crippen molar-refractivity contribution in [3.05, 3.63) is 93.4 Å². The molecule has 1 aliphatic rings. The van der Waals surface area contributed by atoms with Gasteiger partial charge < -0.3 is 15.1 Å². The van der Waals surface area contributed by atoms with Crippen molar-refractivity contribution in [1.82, 2.24) is 10.3 Å². The molecule has 0 spiro atoms. The maximum Gasteiger partial charge on any atom is 0.272 e. The van der Waals surface area contributed by atoms with Gasteiger partial charge in [0.25, 0.3) is 5.91 Å². The molecule has 1 saturated carbocycles. The summed E-state index contributed by atoms with van der Waals surface area (Å²) in [6.07, 6.45) is 3.64. The van der Waals surface area contributed by atoms with E-state index in [0.717, 1.165) is 29.5 Å². The number of carbonyl (C=O) groups is 1. The number of aryl methyl sites for hydroxylation is 1. The van der Waals surface area contributed by atoms with Crippen LogP contribution in [0.1, 0.15) is 53.0 Å². The minimum absolute atomic E-state index is 0.0388. The third-order valence-electron chi connectivity index (χ3n) is 6.20. The van der Waals surface area contributed by atoms with Gasteiger partial charge in [-0.3, -0.25) is 9.59 Å². The lowest BCUT2D eigenvalue weighted by Crippen LogP contribution is -2.27. The molecule has 0 bridgehead atoms. The molecule has 1 aliphatic carbocycles. The van der Waals surface area contributed by atoms with Crippen molar-refractivity contribution in [3.63, 3.8) is 0 Å². The molecule has 2 N–H and O–H groups in total. The maximum absolute atomic E-state index is 13.3. The zero-order chi connectivity index (χ0) is 23.8. The number of fused-ring (bicyclic) bond motifs is 1. The fourth-order valence-corrected chi connectivity index (χ4v) is 4.25. The Bertz CT molecular complexity index is 1440. The smallest absolute Gasteiger partial charge is 0.272 e. The topological polar surface area (TPSA) is 84.2 Å². The second kappa shape index (κ2) is 8.78. The van der Waals surface area contributed by atoms with Crippen LogP contribution >= 0.6 is 0 Å². The standard InChI is InChI=1S/C28H27N3O3/c1-16-14-21(18(3)30-23-10-7-13-29-24(23)28(33)31-20-11-12-20)27-22(15-16)25(32)17(2)26(34-27)19-8-5-4-6-9-19/h4-10,13-15,18,20,30H,11-12H2,1-3H3,(H,31,33). The average molecular weight is 454 g/mol. The minimum Gasteiger partial charge on any atom is -0.455 e. The molecule has 2 aromatic carbocycles. The summed E-state index contributed by atoms with van der Waals surface area (Å²) in [6.45, 7) is 5.76. The Morgan fingerprint density at radius 3 is 2.59 bits per heavy atom. The van der Waals surface area contributed by atoms with Crippen molar-refractivity contribution in [3.8, 4) is 11.3 Å². The zero-order valence-electron chi connectivity index (χ0n) is 19.5. The van der Waals surface area contributed by atoms with Crippen LogP contribution in [0.2, 0.25) is 0 Å². The van der Waals surface area contributed by atoms with Gasteiger partial charge in [0, 0.05) is 28.9 Å². The zero-order valence-corrected chi connectivity index (χ0v) is 19.5. The van der Waals surface area contributed by atoms with E-state index in [1.165, 1.54) is 0 Å².